The molecule has 29 heavy (non-hydrogen) atoms. The van der Waals surface area contributed by atoms with Gasteiger partial charge in [0.15, 0.2) is 0 Å². The quantitative estimate of drug-likeness (QED) is 0.554. The summed E-state index contributed by atoms with van der Waals surface area (Å²) in [7, 11) is 0. The van der Waals surface area contributed by atoms with Gasteiger partial charge in [0.25, 0.3) is 5.56 Å². The second-order valence-electron chi connectivity index (χ2n) is 6.57. The van der Waals surface area contributed by atoms with Crippen LogP contribution < -0.4 is 20.9 Å². The Balaban J connectivity index is 1.57. The summed E-state index contributed by atoms with van der Waals surface area (Å²) >= 11 is 6.16. The molecule has 0 saturated heterocycles. The molecule has 1 N–H and O–H groups in total. The summed E-state index contributed by atoms with van der Waals surface area (Å²) in [5.41, 5.74) is 2.45. The fourth-order valence-electron chi connectivity index (χ4n) is 3.01. The highest BCUT2D eigenvalue weighted by Gasteiger charge is 2.05. The first-order valence-electron chi connectivity index (χ1n) is 9.15. The maximum absolute atomic E-state index is 12.8. The Labute approximate surface area is 173 Å². The molecule has 4 aromatic rings. The lowest BCUT2D eigenvalue weighted by Gasteiger charge is -2.07. The smallest absolute Gasteiger partial charge is 0.279 e. The zero-order chi connectivity index (χ0) is 20.2. The predicted molar refractivity (Wildman–Crippen MR) is 117 cm³/mol. The molecular weight excluding hydrogens is 384 g/mol. The Morgan fingerprint density at radius 3 is 2.38 bits per heavy atom. The number of halogens is 1. The van der Waals surface area contributed by atoms with Crippen molar-refractivity contribution < 1.29 is 4.74 Å². The molecule has 0 bridgehead atoms. The predicted octanol–water partition coefficient (Wildman–Crippen LogP) is 3.64. The number of hydrogen-bond donors (Lipinski definition) is 1. The Hall–Kier alpha value is -3.50. The van der Waals surface area contributed by atoms with E-state index < -0.39 is 0 Å². The number of nitrogens with zero attached hydrogens (tertiary/aromatic N) is 1. The zero-order valence-corrected chi connectivity index (χ0v) is 16.4. The van der Waals surface area contributed by atoms with Crippen molar-refractivity contribution >= 4 is 24.3 Å². The molecule has 0 saturated carbocycles. The van der Waals surface area contributed by atoms with Crippen molar-refractivity contribution in [2.75, 3.05) is 0 Å². The maximum Gasteiger partial charge on any atom is 0.279 e. The standard InChI is InChI=1S/C24H19ClN2O2/c1-17-22(24(28)27(26-17)20-8-3-2-4-9-20)15-18-11-13-21(14-12-18)29-16-19-7-5-6-10-23(19)25/h2-15,26H,1,16H2/b22-15-. The lowest BCUT2D eigenvalue weighted by atomic mass is 10.2. The summed E-state index contributed by atoms with van der Waals surface area (Å²) in [6.45, 7) is 4.36. The molecule has 4 rings (SSSR count). The molecule has 0 aliphatic heterocycles. The highest BCUT2D eigenvalue weighted by atomic mass is 35.5. The number of H-pyrrole nitrogens is 1. The number of nitrogens with one attached hydrogen (secondary N) is 1. The molecule has 5 heteroatoms. The van der Waals surface area contributed by atoms with E-state index in [2.05, 4.69) is 11.7 Å². The number of para-hydroxylation sites is 1. The van der Waals surface area contributed by atoms with Crippen LogP contribution in [0.5, 0.6) is 5.75 Å². The number of hydrogen-bond acceptors (Lipinski definition) is 2. The van der Waals surface area contributed by atoms with Gasteiger partial charge in [0, 0.05) is 10.6 Å². The maximum atomic E-state index is 12.8. The van der Waals surface area contributed by atoms with Gasteiger partial charge in [-0.3, -0.25) is 9.89 Å². The van der Waals surface area contributed by atoms with E-state index >= 15 is 0 Å². The Kier molecular flexibility index (Phi) is 5.36. The van der Waals surface area contributed by atoms with E-state index in [0.717, 1.165) is 22.6 Å². The molecule has 3 aromatic carbocycles. The summed E-state index contributed by atoms with van der Waals surface area (Å²) in [5, 5.41) is 4.81. The summed E-state index contributed by atoms with van der Waals surface area (Å²) in [5.74, 6) is 0.729. The van der Waals surface area contributed by atoms with E-state index in [1.807, 2.05) is 84.9 Å². The molecule has 1 aromatic heterocycles. The first-order chi connectivity index (χ1) is 14.1. The van der Waals surface area contributed by atoms with Crippen LogP contribution in [0.2, 0.25) is 5.02 Å². The van der Waals surface area contributed by atoms with Gasteiger partial charge in [-0.05, 0) is 42.0 Å². The van der Waals surface area contributed by atoms with Crippen LogP contribution in [0.4, 0.5) is 0 Å². The lowest BCUT2D eigenvalue weighted by molar-refractivity contribution is 0.306. The van der Waals surface area contributed by atoms with Crippen molar-refractivity contribution in [3.8, 4) is 11.4 Å². The van der Waals surface area contributed by atoms with Crippen molar-refractivity contribution in [3.63, 3.8) is 0 Å². The van der Waals surface area contributed by atoms with E-state index in [1.165, 1.54) is 4.68 Å². The van der Waals surface area contributed by atoms with Crippen LogP contribution in [0.1, 0.15) is 11.1 Å². The van der Waals surface area contributed by atoms with Crippen molar-refractivity contribution in [2.45, 2.75) is 6.61 Å². The summed E-state index contributed by atoms with van der Waals surface area (Å²) in [4.78, 5) is 12.8. The Morgan fingerprint density at radius 2 is 1.66 bits per heavy atom. The van der Waals surface area contributed by atoms with Gasteiger partial charge in [0.05, 0.1) is 16.3 Å². The van der Waals surface area contributed by atoms with Crippen LogP contribution in [-0.2, 0) is 6.61 Å². The van der Waals surface area contributed by atoms with Crippen molar-refractivity contribution in [1.29, 1.82) is 0 Å². The normalized spacial score (nSPS) is 11.6. The van der Waals surface area contributed by atoms with Crippen molar-refractivity contribution in [3.05, 3.63) is 116 Å². The van der Waals surface area contributed by atoms with Gasteiger partial charge in [-0.1, -0.05) is 66.7 Å². The third kappa shape index (κ3) is 4.18. The third-order valence-electron chi connectivity index (χ3n) is 4.56. The van der Waals surface area contributed by atoms with Crippen LogP contribution in [0, 0.1) is 0 Å². The number of rotatable bonds is 5. The summed E-state index contributed by atoms with van der Waals surface area (Å²) in [6.07, 6.45) is 1.82. The molecule has 0 radical (unpaired) electrons. The number of ether oxygens (including phenoxy) is 1. The fourth-order valence-corrected chi connectivity index (χ4v) is 3.20. The summed E-state index contributed by atoms with van der Waals surface area (Å²) < 4.78 is 7.30. The topological polar surface area (TPSA) is 47.0 Å². The molecule has 0 unspecified atom stereocenters. The van der Waals surface area contributed by atoms with Crippen LogP contribution in [0.15, 0.2) is 83.7 Å². The van der Waals surface area contributed by atoms with Crippen LogP contribution in [0.25, 0.3) is 18.3 Å². The molecule has 0 fully saturated rings. The largest absolute Gasteiger partial charge is 0.489 e. The fraction of sp³-hybridized carbons (Fsp3) is 0.0417. The average Bonchev–Trinajstić information content (AvgIpc) is 3.03. The molecule has 1 heterocycles. The highest BCUT2D eigenvalue weighted by molar-refractivity contribution is 6.31. The zero-order valence-electron chi connectivity index (χ0n) is 15.6. The van der Waals surface area contributed by atoms with E-state index in [-0.39, 0.29) is 5.56 Å². The summed E-state index contributed by atoms with van der Waals surface area (Å²) in [6, 6.07) is 24.6. The van der Waals surface area contributed by atoms with Crippen LogP contribution in [0.3, 0.4) is 0 Å². The van der Waals surface area contributed by atoms with Gasteiger partial charge in [-0.15, -0.1) is 0 Å². The molecule has 144 valence electrons. The minimum atomic E-state index is -0.139. The third-order valence-corrected chi connectivity index (χ3v) is 4.93. The van der Waals surface area contributed by atoms with E-state index in [1.54, 1.807) is 0 Å². The Bertz CT molecular complexity index is 1290. The number of aromatic amines is 1. The second kappa shape index (κ2) is 8.25. The molecule has 0 aliphatic carbocycles. The molecule has 0 amide bonds. The van der Waals surface area contributed by atoms with Gasteiger partial charge in [0.1, 0.15) is 12.4 Å². The van der Waals surface area contributed by atoms with Crippen LogP contribution in [-0.4, -0.2) is 9.78 Å². The van der Waals surface area contributed by atoms with E-state index in [4.69, 9.17) is 16.3 Å². The van der Waals surface area contributed by atoms with Gasteiger partial charge in [-0.2, -0.15) is 0 Å². The SMILES string of the molecule is C=c1[nH]n(-c2ccccc2)c(=O)/c1=C\c1ccc(OCc2ccccc2Cl)cc1. The van der Waals surface area contributed by atoms with Crippen molar-refractivity contribution in [2.24, 2.45) is 0 Å². The number of aromatic nitrogens is 2. The molecule has 0 spiro atoms. The minimum absolute atomic E-state index is 0.139. The van der Waals surface area contributed by atoms with Gasteiger partial charge in [-0.25, -0.2) is 4.68 Å². The molecular formula is C24H19ClN2O2. The van der Waals surface area contributed by atoms with Crippen LogP contribution >= 0.6 is 11.6 Å². The monoisotopic (exact) mass is 402 g/mol. The van der Waals surface area contributed by atoms with E-state index in [9.17, 15) is 4.79 Å². The number of benzene rings is 3. The van der Waals surface area contributed by atoms with Gasteiger partial charge < -0.3 is 4.74 Å². The first-order valence-corrected chi connectivity index (χ1v) is 9.53. The van der Waals surface area contributed by atoms with Gasteiger partial charge >= 0.3 is 0 Å². The van der Waals surface area contributed by atoms with Crippen molar-refractivity contribution in [1.82, 2.24) is 9.78 Å². The van der Waals surface area contributed by atoms with Gasteiger partial charge in [0.2, 0.25) is 0 Å². The average molecular weight is 403 g/mol. The highest BCUT2D eigenvalue weighted by Crippen LogP contribution is 2.19. The molecule has 0 aliphatic rings. The molecule has 4 nitrogen and oxygen atoms in total. The van der Waals surface area contributed by atoms with E-state index in [0.29, 0.717) is 22.2 Å². The first kappa shape index (κ1) is 18.8. The Morgan fingerprint density at radius 1 is 0.966 bits per heavy atom. The molecule has 0 atom stereocenters. The second-order valence-corrected chi connectivity index (χ2v) is 6.98. The minimum Gasteiger partial charge on any atom is -0.489 e. The lowest BCUT2D eigenvalue weighted by Crippen LogP contribution is -2.33.